The molecule has 0 saturated heterocycles. The van der Waals surface area contributed by atoms with E-state index in [4.69, 9.17) is 11.6 Å². The number of amides is 1. The van der Waals surface area contributed by atoms with Crippen LogP contribution in [0.15, 0.2) is 18.3 Å². The summed E-state index contributed by atoms with van der Waals surface area (Å²) in [6.45, 7) is 0. The van der Waals surface area contributed by atoms with Crippen LogP contribution in [0.4, 0.5) is 5.82 Å². The second kappa shape index (κ2) is 4.73. The fourth-order valence-corrected chi connectivity index (χ4v) is 5.12. The van der Waals surface area contributed by atoms with Crippen molar-refractivity contribution in [1.29, 1.82) is 0 Å². The largest absolute Gasteiger partial charge is 0.310 e. The normalized spacial score (nSPS) is 38.0. The maximum Gasteiger partial charge on any atom is 0.229 e. The fraction of sp³-hybridized carbons (Fsp3) is 0.625. The Balaban J connectivity index is 1.50. The van der Waals surface area contributed by atoms with Crippen LogP contribution in [0.2, 0.25) is 5.02 Å². The molecule has 0 aromatic carbocycles. The van der Waals surface area contributed by atoms with Gasteiger partial charge in [0.1, 0.15) is 5.82 Å². The highest BCUT2D eigenvalue weighted by atomic mass is 35.5. The molecule has 1 aromatic rings. The molecule has 0 spiro atoms. The molecule has 0 aliphatic heterocycles. The van der Waals surface area contributed by atoms with Gasteiger partial charge in [-0.3, -0.25) is 4.79 Å². The molecule has 1 heterocycles. The topological polar surface area (TPSA) is 42.0 Å². The van der Waals surface area contributed by atoms with Gasteiger partial charge in [-0.05, 0) is 67.9 Å². The molecule has 4 fully saturated rings. The molecular weight excluding hydrogens is 272 g/mol. The van der Waals surface area contributed by atoms with Crippen LogP contribution in [0.3, 0.4) is 0 Å². The predicted molar refractivity (Wildman–Crippen MR) is 78.4 cm³/mol. The van der Waals surface area contributed by atoms with Crippen molar-refractivity contribution >= 4 is 23.3 Å². The molecule has 3 nitrogen and oxygen atoms in total. The van der Waals surface area contributed by atoms with Gasteiger partial charge in [-0.15, -0.1) is 0 Å². The Labute approximate surface area is 124 Å². The van der Waals surface area contributed by atoms with Gasteiger partial charge in [0.15, 0.2) is 0 Å². The van der Waals surface area contributed by atoms with E-state index in [1.807, 2.05) is 0 Å². The Morgan fingerprint density at radius 1 is 1.10 bits per heavy atom. The molecule has 1 N–H and O–H groups in total. The van der Waals surface area contributed by atoms with Crippen LogP contribution in [0, 0.1) is 29.6 Å². The average molecular weight is 291 g/mol. The van der Waals surface area contributed by atoms with Crippen molar-refractivity contribution < 1.29 is 4.79 Å². The number of anilines is 1. The first-order chi connectivity index (χ1) is 9.69. The maximum absolute atomic E-state index is 12.6. The Bertz CT molecular complexity index is 500. The quantitative estimate of drug-likeness (QED) is 0.901. The Hall–Kier alpha value is -1.09. The van der Waals surface area contributed by atoms with Crippen LogP contribution >= 0.6 is 11.6 Å². The smallest absolute Gasteiger partial charge is 0.229 e. The number of hydrogen-bond acceptors (Lipinski definition) is 2. The van der Waals surface area contributed by atoms with Gasteiger partial charge in [0.25, 0.3) is 0 Å². The van der Waals surface area contributed by atoms with E-state index in [1.165, 1.54) is 32.1 Å². The summed E-state index contributed by atoms with van der Waals surface area (Å²) in [5.41, 5.74) is 0. The van der Waals surface area contributed by atoms with Crippen molar-refractivity contribution in [3.8, 4) is 0 Å². The van der Waals surface area contributed by atoms with E-state index >= 15 is 0 Å². The lowest BCUT2D eigenvalue weighted by Gasteiger charge is -2.53. The molecular formula is C16H19ClN2O. The number of pyridine rings is 1. The zero-order valence-corrected chi connectivity index (χ0v) is 12.1. The van der Waals surface area contributed by atoms with Crippen LogP contribution in [0.1, 0.15) is 32.1 Å². The van der Waals surface area contributed by atoms with Crippen molar-refractivity contribution in [2.24, 2.45) is 29.6 Å². The van der Waals surface area contributed by atoms with Gasteiger partial charge in [0.05, 0.1) is 5.02 Å². The lowest BCUT2D eigenvalue weighted by atomic mass is 9.51. The van der Waals surface area contributed by atoms with Crippen molar-refractivity contribution in [2.75, 3.05) is 5.32 Å². The van der Waals surface area contributed by atoms with Crippen molar-refractivity contribution in [1.82, 2.24) is 4.98 Å². The minimum atomic E-state index is 0.175. The molecule has 4 bridgehead atoms. The van der Waals surface area contributed by atoms with Crippen molar-refractivity contribution in [3.05, 3.63) is 23.4 Å². The standard InChI is InChI=1S/C16H19ClN2O/c17-13-1-2-14(18-8-13)19-16(20)15-11-4-9-3-10(6-11)7-12(15)5-9/h1-2,8-12,15H,3-7H2,(H,18,19,20). The molecule has 4 heteroatoms. The molecule has 20 heavy (non-hydrogen) atoms. The third kappa shape index (κ3) is 2.12. The summed E-state index contributed by atoms with van der Waals surface area (Å²) >= 11 is 5.82. The minimum absolute atomic E-state index is 0.175. The average Bonchev–Trinajstić information content (AvgIpc) is 2.40. The molecule has 1 aromatic heterocycles. The number of halogens is 1. The number of rotatable bonds is 2. The monoisotopic (exact) mass is 290 g/mol. The van der Waals surface area contributed by atoms with Crippen LogP contribution in [0.5, 0.6) is 0 Å². The molecule has 106 valence electrons. The number of aromatic nitrogens is 1. The molecule has 1 amide bonds. The van der Waals surface area contributed by atoms with Gasteiger partial charge < -0.3 is 5.32 Å². The Morgan fingerprint density at radius 3 is 2.30 bits per heavy atom. The number of nitrogens with one attached hydrogen (secondary N) is 1. The first-order valence-electron chi connectivity index (χ1n) is 7.61. The minimum Gasteiger partial charge on any atom is -0.310 e. The highest BCUT2D eigenvalue weighted by Gasteiger charge is 2.50. The summed E-state index contributed by atoms with van der Waals surface area (Å²) in [6, 6.07) is 3.54. The molecule has 0 atom stereocenters. The maximum atomic E-state index is 12.6. The van der Waals surface area contributed by atoms with Gasteiger partial charge >= 0.3 is 0 Å². The molecule has 0 unspecified atom stereocenters. The number of carbonyl (C=O) groups is 1. The lowest BCUT2D eigenvalue weighted by molar-refractivity contribution is -0.132. The second-order valence-electron chi connectivity index (χ2n) is 6.81. The van der Waals surface area contributed by atoms with Crippen molar-refractivity contribution in [3.63, 3.8) is 0 Å². The summed E-state index contributed by atoms with van der Waals surface area (Å²) in [4.78, 5) is 16.8. The highest BCUT2D eigenvalue weighted by Crippen LogP contribution is 2.56. The van der Waals surface area contributed by atoms with Crippen LogP contribution in [-0.2, 0) is 4.79 Å². The SMILES string of the molecule is O=C(Nc1ccc(Cl)cn1)C1C2CC3CC(C2)CC1C3. The molecule has 4 aliphatic carbocycles. The zero-order valence-electron chi connectivity index (χ0n) is 11.4. The predicted octanol–water partition coefficient (Wildman–Crippen LogP) is 3.75. The highest BCUT2D eigenvalue weighted by molar-refractivity contribution is 6.30. The van der Waals surface area contributed by atoms with Gasteiger partial charge in [0, 0.05) is 12.1 Å². The van der Waals surface area contributed by atoms with Gasteiger partial charge in [-0.25, -0.2) is 4.98 Å². The van der Waals surface area contributed by atoms with E-state index in [1.54, 1.807) is 18.3 Å². The second-order valence-corrected chi connectivity index (χ2v) is 7.24. The Kier molecular flexibility index (Phi) is 2.99. The van der Waals surface area contributed by atoms with Gasteiger partial charge in [-0.2, -0.15) is 0 Å². The first kappa shape index (κ1) is 12.6. The van der Waals surface area contributed by atoms with E-state index < -0.39 is 0 Å². The summed E-state index contributed by atoms with van der Waals surface area (Å²) < 4.78 is 0. The van der Waals surface area contributed by atoms with E-state index in [9.17, 15) is 4.79 Å². The van der Waals surface area contributed by atoms with Gasteiger partial charge in [0.2, 0.25) is 5.91 Å². The Morgan fingerprint density at radius 2 is 1.75 bits per heavy atom. The van der Waals surface area contributed by atoms with E-state index in [2.05, 4.69) is 10.3 Å². The fourth-order valence-electron chi connectivity index (χ4n) is 5.01. The van der Waals surface area contributed by atoms with Crippen LogP contribution < -0.4 is 5.32 Å². The number of carbonyl (C=O) groups excluding carboxylic acids is 1. The number of nitrogens with zero attached hydrogens (tertiary/aromatic N) is 1. The first-order valence-corrected chi connectivity index (χ1v) is 7.99. The van der Waals surface area contributed by atoms with E-state index in [-0.39, 0.29) is 11.8 Å². The third-order valence-electron chi connectivity index (χ3n) is 5.51. The van der Waals surface area contributed by atoms with E-state index in [0.29, 0.717) is 22.7 Å². The number of hydrogen-bond donors (Lipinski definition) is 1. The molecule has 0 radical (unpaired) electrons. The molecule has 5 rings (SSSR count). The summed E-state index contributed by atoms with van der Waals surface area (Å²) in [5.74, 6) is 4.02. The third-order valence-corrected chi connectivity index (χ3v) is 5.73. The summed E-state index contributed by atoms with van der Waals surface area (Å²) in [6.07, 6.45) is 8.05. The van der Waals surface area contributed by atoms with E-state index in [0.717, 1.165) is 11.8 Å². The molecule has 4 saturated carbocycles. The van der Waals surface area contributed by atoms with Gasteiger partial charge in [-0.1, -0.05) is 11.6 Å². The lowest BCUT2D eigenvalue weighted by Crippen LogP contribution is -2.49. The van der Waals surface area contributed by atoms with Crippen LogP contribution in [0.25, 0.3) is 0 Å². The zero-order chi connectivity index (χ0) is 13.7. The van der Waals surface area contributed by atoms with Crippen molar-refractivity contribution in [2.45, 2.75) is 32.1 Å². The van der Waals surface area contributed by atoms with Crippen LogP contribution in [-0.4, -0.2) is 10.9 Å². The summed E-state index contributed by atoms with van der Waals surface area (Å²) in [5, 5.41) is 3.58. The molecule has 4 aliphatic rings. The summed E-state index contributed by atoms with van der Waals surface area (Å²) in [7, 11) is 0.